The molecule has 5 nitrogen and oxygen atoms in total. The van der Waals surface area contributed by atoms with E-state index in [1.165, 1.54) is 0 Å². The lowest BCUT2D eigenvalue weighted by molar-refractivity contribution is 0.219. The first-order valence-electron chi connectivity index (χ1n) is 5.68. The highest BCUT2D eigenvalue weighted by atomic mass is 15.4. The molecule has 0 bridgehead atoms. The normalized spacial score (nSPS) is 12.4. The Morgan fingerprint density at radius 3 is 2.69 bits per heavy atom. The summed E-state index contributed by atoms with van der Waals surface area (Å²) < 4.78 is 1.79. The van der Waals surface area contributed by atoms with Gasteiger partial charge in [-0.2, -0.15) is 0 Å². The molecule has 5 heteroatoms. The van der Waals surface area contributed by atoms with Crippen LogP contribution in [0.5, 0.6) is 0 Å². The summed E-state index contributed by atoms with van der Waals surface area (Å²) in [6.07, 6.45) is 1.96. The van der Waals surface area contributed by atoms with Crippen LogP contribution in [-0.4, -0.2) is 40.0 Å². The molecule has 0 radical (unpaired) electrons. The third-order valence-corrected chi connectivity index (χ3v) is 2.12. The Bertz CT molecular complexity index is 312. The van der Waals surface area contributed by atoms with Crippen LogP contribution in [-0.2, 0) is 13.1 Å². The molecule has 0 saturated heterocycles. The van der Waals surface area contributed by atoms with Crippen molar-refractivity contribution in [2.24, 2.45) is 11.1 Å². The lowest BCUT2D eigenvalue weighted by Crippen LogP contribution is -2.28. The Balaban J connectivity index is 2.46. The third-order valence-electron chi connectivity index (χ3n) is 2.12. The fourth-order valence-electron chi connectivity index (χ4n) is 1.79. The van der Waals surface area contributed by atoms with Crippen molar-refractivity contribution in [3.8, 4) is 0 Å². The van der Waals surface area contributed by atoms with Crippen LogP contribution in [0.3, 0.4) is 0 Å². The Labute approximate surface area is 97.6 Å². The maximum absolute atomic E-state index is 5.46. The molecule has 0 aromatic carbocycles. The fourth-order valence-corrected chi connectivity index (χ4v) is 1.79. The molecule has 16 heavy (non-hydrogen) atoms. The lowest BCUT2D eigenvalue weighted by atomic mass is 9.96. The average Bonchev–Trinajstić information content (AvgIpc) is 2.49. The summed E-state index contributed by atoms with van der Waals surface area (Å²) in [6.45, 7) is 9.90. The Morgan fingerprint density at radius 2 is 2.12 bits per heavy atom. The Morgan fingerprint density at radius 1 is 1.44 bits per heavy atom. The van der Waals surface area contributed by atoms with E-state index in [2.05, 4.69) is 43.0 Å². The zero-order chi connectivity index (χ0) is 12.2. The molecule has 0 unspecified atom stereocenters. The summed E-state index contributed by atoms with van der Waals surface area (Å²) in [5, 5.41) is 8.14. The van der Waals surface area contributed by atoms with Gasteiger partial charge in [0, 0.05) is 25.8 Å². The molecular formula is C11H23N5. The van der Waals surface area contributed by atoms with E-state index in [-0.39, 0.29) is 0 Å². The van der Waals surface area contributed by atoms with Crippen molar-refractivity contribution in [1.29, 1.82) is 0 Å². The molecule has 1 aromatic rings. The number of hydrogen-bond donors (Lipinski definition) is 1. The molecule has 0 aliphatic heterocycles. The minimum atomic E-state index is 0.308. The molecule has 0 spiro atoms. The molecule has 0 aliphatic rings. The number of rotatable bonds is 5. The highest BCUT2D eigenvalue weighted by Crippen LogP contribution is 2.15. The maximum Gasteiger partial charge on any atom is 0.0967 e. The largest absolute Gasteiger partial charge is 0.329 e. The van der Waals surface area contributed by atoms with Gasteiger partial charge in [-0.1, -0.05) is 26.0 Å². The van der Waals surface area contributed by atoms with Crippen molar-refractivity contribution in [2.45, 2.75) is 33.9 Å². The van der Waals surface area contributed by atoms with Crippen LogP contribution in [0.1, 0.15) is 26.5 Å². The molecule has 0 amide bonds. The van der Waals surface area contributed by atoms with Gasteiger partial charge in [0.15, 0.2) is 0 Å². The molecule has 0 saturated carbocycles. The number of nitrogens with two attached hydrogens (primary N) is 1. The summed E-state index contributed by atoms with van der Waals surface area (Å²) in [5.74, 6) is 0. The van der Waals surface area contributed by atoms with Crippen molar-refractivity contribution in [2.75, 3.05) is 20.1 Å². The van der Waals surface area contributed by atoms with Crippen molar-refractivity contribution < 1.29 is 0 Å². The van der Waals surface area contributed by atoms with E-state index in [4.69, 9.17) is 5.73 Å². The first kappa shape index (κ1) is 13.1. The quantitative estimate of drug-likeness (QED) is 0.802. The standard InChI is InChI=1S/C11H23N5/c1-11(2,3)9-15(4)7-10-8-16(6-5-12)14-13-10/h8H,5-7,9,12H2,1-4H3. The summed E-state index contributed by atoms with van der Waals surface area (Å²) in [6, 6.07) is 0. The first-order chi connectivity index (χ1) is 7.40. The highest BCUT2D eigenvalue weighted by molar-refractivity contribution is 4.92. The molecule has 1 heterocycles. The fraction of sp³-hybridized carbons (Fsp3) is 0.818. The Kier molecular flexibility index (Phi) is 4.44. The van der Waals surface area contributed by atoms with Crippen LogP contribution in [0.4, 0.5) is 0 Å². The van der Waals surface area contributed by atoms with Crippen molar-refractivity contribution >= 4 is 0 Å². The monoisotopic (exact) mass is 225 g/mol. The first-order valence-corrected chi connectivity index (χ1v) is 5.68. The zero-order valence-electron chi connectivity index (χ0n) is 10.8. The predicted molar refractivity (Wildman–Crippen MR) is 64.9 cm³/mol. The highest BCUT2D eigenvalue weighted by Gasteiger charge is 2.14. The van der Waals surface area contributed by atoms with Gasteiger partial charge in [-0.05, 0) is 12.5 Å². The average molecular weight is 225 g/mol. The topological polar surface area (TPSA) is 60.0 Å². The van der Waals surface area contributed by atoms with Crippen molar-refractivity contribution in [1.82, 2.24) is 19.9 Å². The van der Waals surface area contributed by atoms with Gasteiger partial charge in [0.05, 0.1) is 12.2 Å². The van der Waals surface area contributed by atoms with E-state index in [9.17, 15) is 0 Å². The molecular weight excluding hydrogens is 202 g/mol. The summed E-state index contributed by atoms with van der Waals surface area (Å²) in [7, 11) is 2.10. The molecule has 1 rings (SSSR count). The van der Waals surface area contributed by atoms with Crippen LogP contribution in [0.15, 0.2) is 6.20 Å². The van der Waals surface area contributed by atoms with Crippen LogP contribution >= 0.6 is 0 Å². The van der Waals surface area contributed by atoms with E-state index >= 15 is 0 Å². The van der Waals surface area contributed by atoms with Crippen LogP contribution in [0, 0.1) is 5.41 Å². The van der Waals surface area contributed by atoms with Crippen LogP contribution in [0.2, 0.25) is 0 Å². The van der Waals surface area contributed by atoms with Crippen LogP contribution in [0.25, 0.3) is 0 Å². The van der Waals surface area contributed by atoms with Crippen LogP contribution < -0.4 is 5.73 Å². The second kappa shape index (κ2) is 5.41. The minimum Gasteiger partial charge on any atom is -0.329 e. The summed E-state index contributed by atoms with van der Waals surface area (Å²) in [4.78, 5) is 2.26. The second-order valence-corrected chi connectivity index (χ2v) is 5.49. The molecule has 2 N–H and O–H groups in total. The number of hydrogen-bond acceptors (Lipinski definition) is 4. The molecule has 1 aromatic heterocycles. The molecule has 0 fully saturated rings. The van der Waals surface area contributed by atoms with Crippen molar-refractivity contribution in [3.05, 3.63) is 11.9 Å². The van der Waals surface area contributed by atoms with Gasteiger partial charge in [-0.25, -0.2) is 0 Å². The van der Waals surface area contributed by atoms with Gasteiger partial charge in [0.25, 0.3) is 0 Å². The van der Waals surface area contributed by atoms with E-state index in [0.29, 0.717) is 12.0 Å². The van der Waals surface area contributed by atoms with Gasteiger partial charge in [0.1, 0.15) is 0 Å². The molecule has 92 valence electrons. The van der Waals surface area contributed by atoms with Crippen molar-refractivity contribution in [3.63, 3.8) is 0 Å². The zero-order valence-corrected chi connectivity index (χ0v) is 10.8. The predicted octanol–water partition coefficient (Wildman–Crippen LogP) is 0.715. The van der Waals surface area contributed by atoms with Gasteiger partial charge in [-0.3, -0.25) is 9.58 Å². The van der Waals surface area contributed by atoms with Gasteiger partial charge >= 0.3 is 0 Å². The smallest absolute Gasteiger partial charge is 0.0967 e. The van der Waals surface area contributed by atoms with E-state index in [0.717, 1.165) is 25.3 Å². The van der Waals surface area contributed by atoms with Gasteiger partial charge in [-0.15, -0.1) is 5.10 Å². The second-order valence-electron chi connectivity index (χ2n) is 5.49. The summed E-state index contributed by atoms with van der Waals surface area (Å²) >= 11 is 0. The molecule has 0 aliphatic carbocycles. The van der Waals surface area contributed by atoms with E-state index in [1.807, 2.05) is 6.20 Å². The third kappa shape index (κ3) is 4.72. The SMILES string of the molecule is CN(Cc1cn(CCN)nn1)CC(C)(C)C. The van der Waals surface area contributed by atoms with E-state index in [1.54, 1.807) is 4.68 Å². The number of nitrogens with zero attached hydrogens (tertiary/aromatic N) is 4. The minimum absolute atomic E-state index is 0.308. The Hall–Kier alpha value is -0.940. The molecule has 0 atom stereocenters. The summed E-state index contributed by atoms with van der Waals surface area (Å²) in [5.41, 5.74) is 6.76. The maximum atomic E-state index is 5.46. The van der Waals surface area contributed by atoms with Gasteiger partial charge < -0.3 is 5.73 Å². The lowest BCUT2D eigenvalue weighted by Gasteiger charge is -2.25. The number of aromatic nitrogens is 3. The van der Waals surface area contributed by atoms with E-state index < -0.39 is 0 Å². The van der Waals surface area contributed by atoms with Gasteiger partial charge in [0.2, 0.25) is 0 Å².